The summed E-state index contributed by atoms with van der Waals surface area (Å²) in [6.07, 6.45) is 4.53. The van der Waals surface area contributed by atoms with Gasteiger partial charge < -0.3 is 20.8 Å². The highest BCUT2D eigenvalue weighted by atomic mass is 16.6. The molecule has 0 unspecified atom stereocenters. The summed E-state index contributed by atoms with van der Waals surface area (Å²) in [5, 5.41) is 21.3. The molecule has 29 heavy (non-hydrogen) atoms. The molecule has 0 radical (unpaired) electrons. The molecule has 3 rings (SSSR count). The largest absolute Gasteiger partial charge is 0.444 e. The zero-order valence-electron chi connectivity index (χ0n) is 16.6. The molecule has 0 saturated carbocycles. The van der Waals surface area contributed by atoms with E-state index in [2.05, 4.69) is 25.8 Å². The minimum Gasteiger partial charge on any atom is -0.444 e. The van der Waals surface area contributed by atoms with Crippen LogP contribution in [0.1, 0.15) is 26.3 Å². The van der Waals surface area contributed by atoms with Gasteiger partial charge in [-0.15, -0.1) is 0 Å². The molecule has 0 aliphatic rings. The van der Waals surface area contributed by atoms with Gasteiger partial charge in [0.1, 0.15) is 11.4 Å². The highest BCUT2D eigenvalue weighted by molar-refractivity contribution is 6.10. The molecule has 1 aromatic carbocycles. The Morgan fingerprint density at radius 3 is 2.62 bits per heavy atom. The minimum absolute atomic E-state index is 0.00503. The number of rotatable bonds is 6. The molecular weight excluding hydrogens is 368 g/mol. The van der Waals surface area contributed by atoms with Crippen LogP contribution < -0.4 is 10.6 Å². The third-order valence-electron chi connectivity index (χ3n) is 3.91. The van der Waals surface area contributed by atoms with E-state index in [4.69, 9.17) is 10.1 Å². The van der Waals surface area contributed by atoms with Gasteiger partial charge in [-0.2, -0.15) is 5.10 Å². The summed E-state index contributed by atoms with van der Waals surface area (Å²) in [6.45, 7) is 5.36. The highest BCUT2D eigenvalue weighted by Crippen LogP contribution is 2.29. The predicted molar refractivity (Wildman–Crippen MR) is 113 cm³/mol. The van der Waals surface area contributed by atoms with Crippen molar-refractivity contribution in [2.75, 3.05) is 11.9 Å². The lowest BCUT2D eigenvalue weighted by Gasteiger charge is -2.20. The number of carbonyl (C=O) groups excluding carboxylic acids is 1. The number of amides is 1. The molecule has 4 N–H and O–H groups in total. The minimum atomic E-state index is -0.609. The van der Waals surface area contributed by atoms with Crippen molar-refractivity contribution in [2.24, 2.45) is 0 Å². The van der Waals surface area contributed by atoms with Crippen molar-refractivity contribution >= 4 is 23.3 Å². The number of nitrogens with zero attached hydrogens (tertiary/aromatic N) is 2. The summed E-state index contributed by atoms with van der Waals surface area (Å²) < 4.78 is 5.26. The fraction of sp³-hybridized carbons (Fsp3) is 0.238. The molecule has 8 heteroatoms. The van der Waals surface area contributed by atoms with Crippen molar-refractivity contribution < 1.29 is 9.53 Å². The van der Waals surface area contributed by atoms with Crippen molar-refractivity contribution in [1.29, 1.82) is 5.41 Å². The topological polar surface area (TPSA) is 116 Å². The molecule has 0 fully saturated rings. The van der Waals surface area contributed by atoms with Crippen molar-refractivity contribution in [2.45, 2.75) is 26.4 Å². The van der Waals surface area contributed by atoms with Crippen LogP contribution >= 0.6 is 0 Å². The van der Waals surface area contributed by atoms with E-state index in [1.54, 1.807) is 39.4 Å². The summed E-state index contributed by atoms with van der Waals surface area (Å²) in [4.78, 5) is 16.4. The Bertz CT molecular complexity index is 978. The number of aromatic nitrogens is 3. The molecule has 8 nitrogen and oxygen atoms in total. The van der Waals surface area contributed by atoms with Crippen LogP contribution in [0.3, 0.4) is 0 Å². The number of carbonyl (C=O) groups is 1. The first-order valence-electron chi connectivity index (χ1n) is 9.18. The standard InChI is InChI=1S/C21H24N6O2/c1-21(2,3)29-20(28)24-13-17(22)18-16(14-11-25-26-12-14)9-10-23-19(18)27-15-7-5-4-6-8-15/h4-12,22H,13H2,1-3H3,(H,23,27)(H,24,28)(H,25,26). The number of ether oxygens (including phenoxy) is 1. The SMILES string of the molecule is CC(C)(C)OC(=O)NCC(=N)c1c(-c2cn[nH]c2)ccnc1Nc1ccccc1. The first kappa shape index (κ1) is 20.1. The van der Waals surface area contributed by atoms with Crippen LogP contribution in [0.2, 0.25) is 0 Å². The molecule has 2 heterocycles. The van der Waals surface area contributed by atoms with Crippen LogP contribution in [0.4, 0.5) is 16.3 Å². The van der Waals surface area contributed by atoms with Crippen molar-refractivity contribution in [1.82, 2.24) is 20.5 Å². The van der Waals surface area contributed by atoms with E-state index >= 15 is 0 Å². The fourth-order valence-electron chi connectivity index (χ4n) is 2.72. The van der Waals surface area contributed by atoms with Gasteiger partial charge in [0.25, 0.3) is 0 Å². The van der Waals surface area contributed by atoms with E-state index in [9.17, 15) is 4.79 Å². The third kappa shape index (κ3) is 5.41. The second kappa shape index (κ2) is 8.55. The number of hydrogen-bond acceptors (Lipinski definition) is 6. The number of benzene rings is 1. The Balaban J connectivity index is 1.89. The van der Waals surface area contributed by atoms with Crippen molar-refractivity contribution in [3.8, 4) is 11.1 Å². The first-order chi connectivity index (χ1) is 13.8. The number of H-pyrrole nitrogens is 1. The van der Waals surface area contributed by atoms with Gasteiger partial charge in [-0.1, -0.05) is 18.2 Å². The number of hydrogen-bond donors (Lipinski definition) is 4. The lowest BCUT2D eigenvalue weighted by molar-refractivity contribution is 0.0536. The van der Waals surface area contributed by atoms with Gasteiger partial charge in [0.2, 0.25) is 0 Å². The molecule has 150 valence electrons. The number of alkyl carbamates (subject to hydrolysis) is 1. The Labute approximate surface area is 169 Å². The highest BCUT2D eigenvalue weighted by Gasteiger charge is 2.20. The molecule has 0 saturated heterocycles. The summed E-state index contributed by atoms with van der Waals surface area (Å²) >= 11 is 0. The summed E-state index contributed by atoms with van der Waals surface area (Å²) in [5.41, 5.74) is 2.61. The summed E-state index contributed by atoms with van der Waals surface area (Å²) in [6, 6.07) is 11.4. The zero-order chi connectivity index (χ0) is 20.9. The van der Waals surface area contributed by atoms with Crippen LogP contribution in [0.25, 0.3) is 11.1 Å². The van der Waals surface area contributed by atoms with Gasteiger partial charge in [0.15, 0.2) is 0 Å². The number of anilines is 2. The van der Waals surface area contributed by atoms with Gasteiger partial charge in [-0.05, 0) is 44.5 Å². The van der Waals surface area contributed by atoms with Crippen molar-refractivity contribution in [3.05, 3.63) is 60.6 Å². The molecule has 0 spiro atoms. The maximum atomic E-state index is 12.0. The fourth-order valence-corrected chi connectivity index (χ4v) is 2.72. The predicted octanol–water partition coefficient (Wildman–Crippen LogP) is 4.11. The molecule has 3 aromatic rings. The van der Waals surface area contributed by atoms with Gasteiger partial charge in [0.05, 0.1) is 18.5 Å². The van der Waals surface area contributed by atoms with Crippen LogP contribution in [0.15, 0.2) is 55.0 Å². The number of aromatic amines is 1. The third-order valence-corrected chi connectivity index (χ3v) is 3.91. The Hall–Kier alpha value is -3.68. The molecular formula is C21H24N6O2. The first-order valence-corrected chi connectivity index (χ1v) is 9.18. The monoisotopic (exact) mass is 392 g/mol. The molecule has 0 atom stereocenters. The Morgan fingerprint density at radius 2 is 1.97 bits per heavy atom. The Morgan fingerprint density at radius 1 is 1.21 bits per heavy atom. The normalized spacial score (nSPS) is 11.0. The maximum Gasteiger partial charge on any atom is 0.407 e. The van der Waals surface area contributed by atoms with Crippen LogP contribution in [-0.4, -0.2) is 39.1 Å². The summed E-state index contributed by atoms with van der Waals surface area (Å²) in [7, 11) is 0. The number of para-hydroxylation sites is 1. The van der Waals surface area contributed by atoms with E-state index in [1.165, 1.54) is 0 Å². The van der Waals surface area contributed by atoms with Crippen molar-refractivity contribution in [3.63, 3.8) is 0 Å². The zero-order valence-corrected chi connectivity index (χ0v) is 16.6. The molecule has 2 aromatic heterocycles. The molecule has 1 amide bonds. The number of pyridine rings is 1. The lowest BCUT2D eigenvalue weighted by Crippen LogP contribution is -2.35. The second-order valence-electron chi connectivity index (χ2n) is 7.39. The van der Waals surface area contributed by atoms with Gasteiger partial charge >= 0.3 is 6.09 Å². The Kier molecular flexibility index (Phi) is 5.92. The van der Waals surface area contributed by atoms with E-state index < -0.39 is 11.7 Å². The molecule has 0 aliphatic heterocycles. The number of nitrogens with one attached hydrogen (secondary N) is 4. The maximum absolute atomic E-state index is 12.0. The van der Waals surface area contributed by atoms with Crippen LogP contribution in [0, 0.1) is 5.41 Å². The van der Waals surface area contributed by atoms with E-state index in [-0.39, 0.29) is 12.3 Å². The van der Waals surface area contributed by atoms with E-state index in [0.29, 0.717) is 11.4 Å². The second-order valence-corrected chi connectivity index (χ2v) is 7.39. The average molecular weight is 392 g/mol. The summed E-state index contributed by atoms with van der Waals surface area (Å²) in [5.74, 6) is 0.519. The van der Waals surface area contributed by atoms with Gasteiger partial charge in [-0.25, -0.2) is 9.78 Å². The lowest BCUT2D eigenvalue weighted by atomic mass is 9.99. The van der Waals surface area contributed by atoms with Crippen LogP contribution in [0.5, 0.6) is 0 Å². The van der Waals surface area contributed by atoms with Crippen LogP contribution in [-0.2, 0) is 4.74 Å². The van der Waals surface area contributed by atoms with E-state index in [0.717, 1.165) is 16.8 Å². The smallest absolute Gasteiger partial charge is 0.407 e. The molecule has 0 bridgehead atoms. The van der Waals surface area contributed by atoms with Gasteiger partial charge in [0, 0.05) is 29.2 Å². The average Bonchev–Trinajstić information content (AvgIpc) is 3.20. The molecule has 0 aliphatic carbocycles. The van der Waals surface area contributed by atoms with E-state index in [1.807, 2.05) is 36.4 Å². The quantitative estimate of drug-likeness (QED) is 0.471. The van der Waals surface area contributed by atoms with Gasteiger partial charge in [-0.3, -0.25) is 5.10 Å².